The first-order valence-corrected chi connectivity index (χ1v) is 8.28. The van der Waals surface area contributed by atoms with E-state index in [1.807, 2.05) is 0 Å². The van der Waals surface area contributed by atoms with Gasteiger partial charge < -0.3 is 20.4 Å². The molecule has 1 aliphatic carbocycles. The number of aryl methyl sites for hydroxylation is 1. The van der Waals surface area contributed by atoms with Crippen LogP contribution in [0.2, 0.25) is 0 Å². The predicted octanol–water partition coefficient (Wildman–Crippen LogP) is 1.69. The molecular formula is C18H24N2O4. The highest BCUT2D eigenvalue weighted by Gasteiger charge is 2.18. The summed E-state index contributed by atoms with van der Waals surface area (Å²) in [6.07, 6.45) is 6.43. The van der Waals surface area contributed by atoms with Gasteiger partial charge in [0.05, 0.1) is 0 Å². The number of carbonyl (C=O) groups is 2. The van der Waals surface area contributed by atoms with Crippen LogP contribution in [0.3, 0.4) is 0 Å². The average molecular weight is 332 g/mol. The summed E-state index contributed by atoms with van der Waals surface area (Å²) in [7, 11) is 0. The van der Waals surface area contributed by atoms with E-state index in [9.17, 15) is 9.59 Å². The van der Waals surface area contributed by atoms with E-state index in [0.29, 0.717) is 12.2 Å². The van der Waals surface area contributed by atoms with Crippen molar-refractivity contribution >= 4 is 17.6 Å². The lowest BCUT2D eigenvalue weighted by atomic mass is 9.90. The highest BCUT2D eigenvalue weighted by atomic mass is 16.4. The number of hydrogen-bond acceptors (Lipinski definition) is 4. The molecule has 1 aromatic rings. The molecule has 1 saturated heterocycles. The van der Waals surface area contributed by atoms with Gasteiger partial charge in [-0.1, -0.05) is 12.1 Å². The lowest BCUT2D eigenvalue weighted by Crippen LogP contribution is -2.44. The lowest BCUT2D eigenvalue weighted by molar-refractivity contribution is -0.134. The van der Waals surface area contributed by atoms with Gasteiger partial charge in [-0.05, 0) is 42.9 Å². The lowest BCUT2D eigenvalue weighted by Gasteiger charge is -2.33. The highest BCUT2D eigenvalue weighted by Crippen LogP contribution is 2.30. The molecule has 1 aromatic carbocycles. The first kappa shape index (κ1) is 18.0. The van der Waals surface area contributed by atoms with Crippen molar-refractivity contribution in [3.05, 3.63) is 41.5 Å². The van der Waals surface area contributed by atoms with Crippen molar-refractivity contribution in [2.45, 2.75) is 25.7 Å². The average Bonchev–Trinajstić information content (AvgIpc) is 2.61. The third kappa shape index (κ3) is 5.38. The van der Waals surface area contributed by atoms with E-state index < -0.39 is 11.9 Å². The van der Waals surface area contributed by atoms with Crippen LogP contribution in [-0.2, 0) is 22.4 Å². The molecule has 6 heteroatoms. The van der Waals surface area contributed by atoms with Gasteiger partial charge in [-0.3, -0.25) is 0 Å². The van der Waals surface area contributed by atoms with E-state index in [0.717, 1.165) is 26.2 Å². The highest BCUT2D eigenvalue weighted by molar-refractivity contribution is 5.89. The molecule has 1 fully saturated rings. The van der Waals surface area contributed by atoms with Crippen molar-refractivity contribution in [1.82, 2.24) is 5.32 Å². The zero-order chi connectivity index (χ0) is 17.4. The normalized spacial score (nSPS) is 16.9. The summed E-state index contributed by atoms with van der Waals surface area (Å²) >= 11 is 0. The van der Waals surface area contributed by atoms with Crippen molar-refractivity contribution in [3.63, 3.8) is 0 Å². The quantitative estimate of drug-likeness (QED) is 0.730. The van der Waals surface area contributed by atoms with Gasteiger partial charge in [0.2, 0.25) is 0 Å². The molecule has 0 unspecified atom stereocenters. The fraction of sp³-hybridized carbons (Fsp3) is 0.444. The summed E-state index contributed by atoms with van der Waals surface area (Å²) < 4.78 is 0. The largest absolute Gasteiger partial charge is 0.478 e. The summed E-state index contributed by atoms with van der Waals surface area (Å²) in [5.41, 5.74) is 4.75. The van der Waals surface area contributed by atoms with Crippen LogP contribution in [0.5, 0.6) is 0 Å². The Morgan fingerprint density at radius 2 is 1.62 bits per heavy atom. The molecule has 0 aromatic heterocycles. The number of fused-ring (bicyclic) bond motifs is 1. The van der Waals surface area contributed by atoms with Crippen molar-refractivity contribution in [2.75, 3.05) is 31.1 Å². The van der Waals surface area contributed by atoms with E-state index in [4.69, 9.17) is 10.2 Å². The summed E-state index contributed by atoms with van der Waals surface area (Å²) in [5.74, 6) is -2.51. The SMILES string of the molecule is O=C(O)/C=C\C(=O)O.c1cc2c(c(N3CCNCC3)c1)CCCC2. The minimum absolute atomic E-state index is 0.558. The summed E-state index contributed by atoms with van der Waals surface area (Å²) in [4.78, 5) is 21.7. The molecule has 0 spiro atoms. The zero-order valence-electron chi connectivity index (χ0n) is 13.7. The van der Waals surface area contributed by atoms with Gasteiger partial charge in [0.15, 0.2) is 0 Å². The molecular weight excluding hydrogens is 308 g/mol. The van der Waals surface area contributed by atoms with Crippen LogP contribution in [0.15, 0.2) is 30.4 Å². The van der Waals surface area contributed by atoms with Crippen LogP contribution in [0.1, 0.15) is 24.0 Å². The van der Waals surface area contributed by atoms with E-state index in [1.54, 1.807) is 11.1 Å². The maximum Gasteiger partial charge on any atom is 0.328 e. The Hall–Kier alpha value is -2.34. The van der Waals surface area contributed by atoms with Crippen molar-refractivity contribution in [3.8, 4) is 0 Å². The summed E-state index contributed by atoms with van der Waals surface area (Å²) in [6, 6.07) is 6.87. The molecule has 0 saturated carbocycles. The fourth-order valence-corrected chi connectivity index (χ4v) is 3.11. The van der Waals surface area contributed by atoms with Gasteiger partial charge in [-0.25, -0.2) is 9.59 Å². The van der Waals surface area contributed by atoms with Crippen LogP contribution in [0.4, 0.5) is 5.69 Å². The number of carboxylic acid groups (broad SMARTS) is 2. The zero-order valence-corrected chi connectivity index (χ0v) is 13.7. The van der Waals surface area contributed by atoms with Gasteiger partial charge in [0.1, 0.15) is 0 Å². The molecule has 0 bridgehead atoms. The number of rotatable bonds is 3. The number of benzene rings is 1. The topological polar surface area (TPSA) is 89.9 Å². The molecule has 3 N–H and O–H groups in total. The van der Waals surface area contributed by atoms with Crippen LogP contribution >= 0.6 is 0 Å². The van der Waals surface area contributed by atoms with E-state index >= 15 is 0 Å². The minimum atomic E-state index is -1.26. The van der Waals surface area contributed by atoms with Crippen molar-refractivity contribution < 1.29 is 19.8 Å². The maximum atomic E-state index is 9.55. The third-order valence-corrected chi connectivity index (χ3v) is 4.20. The Morgan fingerprint density at radius 1 is 1.00 bits per heavy atom. The smallest absolute Gasteiger partial charge is 0.328 e. The Labute approximate surface area is 141 Å². The van der Waals surface area contributed by atoms with Crippen LogP contribution < -0.4 is 10.2 Å². The molecule has 0 amide bonds. The number of nitrogens with one attached hydrogen (secondary N) is 1. The first-order valence-electron chi connectivity index (χ1n) is 8.28. The van der Waals surface area contributed by atoms with Crippen molar-refractivity contribution in [2.24, 2.45) is 0 Å². The number of anilines is 1. The predicted molar refractivity (Wildman–Crippen MR) is 92.6 cm³/mol. The Bertz CT molecular complexity index is 591. The van der Waals surface area contributed by atoms with E-state index in [1.165, 1.54) is 31.4 Å². The second-order valence-electron chi connectivity index (χ2n) is 5.87. The molecule has 0 atom stereocenters. The standard InChI is InChI=1S/C14H20N2.C4H4O4/c1-2-6-13-12(4-1)5-3-7-14(13)16-10-8-15-9-11-16;5-3(6)1-2-4(7)8/h3,5,7,15H,1-2,4,6,8-11H2;1-2H,(H,5,6)(H,7,8)/b;2-1-. The van der Waals surface area contributed by atoms with Gasteiger partial charge >= 0.3 is 11.9 Å². The monoisotopic (exact) mass is 332 g/mol. The first-order chi connectivity index (χ1) is 11.6. The van der Waals surface area contributed by atoms with Crippen LogP contribution in [0.25, 0.3) is 0 Å². The second kappa shape index (κ2) is 9.08. The number of aliphatic carboxylic acids is 2. The van der Waals surface area contributed by atoms with Crippen molar-refractivity contribution in [1.29, 1.82) is 0 Å². The maximum absolute atomic E-state index is 9.55. The number of hydrogen-bond donors (Lipinski definition) is 3. The van der Waals surface area contributed by atoms with Gasteiger partial charge in [-0.15, -0.1) is 0 Å². The fourth-order valence-electron chi connectivity index (χ4n) is 3.11. The van der Waals surface area contributed by atoms with Crippen LogP contribution in [-0.4, -0.2) is 48.3 Å². The number of piperazine rings is 1. The van der Waals surface area contributed by atoms with Crippen LogP contribution in [0, 0.1) is 0 Å². The van der Waals surface area contributed by atoms with Gasteiger partial charge in [0, 0.05) is 44.0 Å². The molecule has 3 rings (SSSR count). The van der Waals surface area contributed by atoms with Gasteiger partial charge in [0.25, 0.3) is 0 Å². The Balaban J connectivity index is 0.000000224. The summed E-state index contributed by atoms with van der Waals surface area (Å²) in [6.45, 7) is 4.58. The summed E-state index contributed by atoms with van der Waals surface area (Å²) in [5, 5.41) is 19.0. The molecule has 130 valence electrons. The molecule has 0 radical (unpaired) electrons. The van der Waals surface area contributed by atoms with E-state index in [2.05, 4.69) is 28.4 Å². The molecule has 2 aliphatic rings. The third-order valence-electron chi connectivity index (χ3n) is 4.20. The second-order valence-corrected chi connectivity index (χ2v) is 5.87. The molecule has 6 nitrogen and oxygen atoms in total. The Morgan fingerprint density at radius 3 is 2.25 bits per heavy atom. The number of nitrogens with zero attached hydrogens (tertiary/aromatic N) is 1. The number of carboxylic acids is 2. The molecule has 1 aliphatic heterocycles. The van der Waals surface area contributed by atoms with E-state index in [-0.39, 0.29) is 0 Å². The molecule has 24 heavy (non-hydrogen) atoms. The Kier molecular flexibility index (Phi) is 6.81. The van der Waals surface area contributed by atoms with Gasteiger partial charge in [-0.2, -0.15) is 0 Å². The molecule has 1 heterocycles. The minimum Gasteiger partial charge on any atom is -0.478 e.